The third kappa shape index (κ3) is 4.55. The molecule has 1 rings (SSSR count). The highest BCUT2D eigenvalue weighted by molar-refractivity contribution is 5.79. The zero-order valence-corrected chi connectivity index (χ0v) is 12.3. The first-order chi connectivity index (χ1) is 8.97. The third-order valence-electron chi connectivity index (χ3n) is 3.16. The lowest BCUT2D eigenvalue weighted by Crippen LogP contribution is -2.34. The molecule has 1 heterocycles. The zero-order chi connectivity index (χ0) is 14.4. The number of nitrogens with zero attached hydrogens (tertiary/aromatic N) is 4. The number of aryl methyl sites for hydroxylation is 2. The Bertz CT molecular complexity index is 425. The summed E-state index contributed by atoms with van der Waals surface area (Å²) in [5, 5.41) is 16.1. The van der Waals surface area contributed by atoms with Crippen molar-refractivity contribution in [1.82, 2.24) is 14.7 Å². The van der Waals surface area contributed by atoms with Crippen LogP contribution in [-0.2, 0) is 13.1 Å². The van der Waals surface area contributed by atoms with Crippen molar-refractivity contribution < 1.29 is 5.21 Å². The summed E-state index contributed by atoms with van der Waals surface area (Å²) in [6.45, 7) is 10.8. The largest absolute Gasteiger partial charge is 0.409 e. The number of hydrogen-bond donors (Lipinski definition) is 2. The summed E-state index contributed by atoms with van der Waals surface area (Å²) in [5.74, 6) is 0.269. The molecule has 1 aromatic rings. The second kappa shape index (κ2) is 7.13. The van der Waals surface area contributed by atoms with E-state index in [9.17, 15) is 0 Å². The molecule has 6 heteroatoms. The maximum atomic E-state index is 8.59. The van der Waals surface area contributed by atoms with E-state index in [2.05, 4.69) is 42.0 Å². The Kier molecular flexibility index (Phi) is 5.82. The summed E-state index contributed by atoms with van der Waals surface area (Å²) in [7, 11) is 0. The van der Waals surface area contributed by atoms with E-state index in [1.54, 1.807) is 0 Å². The molecule has 0 aromatic carbocycles. The van der Waals surface area contributed by atoms with Crippen LogP contribution >= 0.6 is 0 Å². The van der Waals surface area contributed by atoms with Gasteiger partial charge in [-0.15, -0.1) is 0 Å². The van der Waals surface area contributed by atoms with E-state index < -0.39 is 0 Å². The normalized spacial score (nSPS) is 12.6. The fourth-order valence-electron chi connectivity index (χ4n) is 2.04. The molecule has 0 unspecified atom stereocenters. The summed E-state index contributed by atoms with van der Waals surface area (Å²) in [6, 6.07) is 2.51. The van der Waals surface area contributed by atoms with Gasteiger partial charge in [-0.3, -0.25) is 9.58 Å². The Morgan fingerprint density at radius 3 is 2.79 bits per heavy atom. The van der Waals surface area contributed by atoms with Crippen LogP contribution in [0.4, 0.5) is 0 Å². The van der Waals surface area contributed by atoms with E-state index in [1.807, 2.05) is 11.6 Å². The van der Waals surface area contributed by atoms with Crippen LogP contribution in [0.25, 0.3) is 0 Å². The van der Waals surface area contributed by atoms with Crippen LogP contribution in [0.3, 0.4) is 0 Å². The highest BCUT2D eigenvalue weighted by atomic mass is 16.4. The molecule has 3 N–H and O–H groups in total. The highest BCUT2D eigenvalue weighted by Crippen LogP contribution is 2.11. The quantitative estimate of drug-likeness (QED) is 0.340. The number of hydrogen-bond acceptors (Lipinski definition) is 4. The van der Waals surface area contributed by atoms with Gasteiger partial charge in [0.05, 0.1) is 11.4 Å². The minimum atomic E-state index is 0.269. The number of nitrogens with two attached hydrogens (primary N) is 1. The maximum Gasteiger partial charge on any atom is 0.140 e. The van der Waals surface area contributed by atoms with Crippen molar-refractivity contribution in [3.05, 3.63) is 17.5 Å². The summed E-state index contributed by atoms with van der Waals surface area (Å²) in [5.41, 5.74) is 7.77. The minimum Gasteiger partial charge on any atom is -0.409 e. The van der Waals surface area contributed by atoms with Crippen LogP contribution in [0.5, 0.6) is 0 Å². The standard InChI is InChI=1S/C13H25N5O/c1-5-18-12(8-11(4)15-18)9-17(10(2)3)7-6-13(14)16-19/h8,10,19H,5-7,9H2,1-4H3,(H2,14,16). The lowest BCUT2D eigenvalue weighted by atomic mass is 10.2. The van der Waals surface area contributed by atoms with Gasteiger partial charge in [-0.2, -0.15) is 5.10 Å². The predicted octanol–water partition coefficient (Wildman–Crippen LogP) is 1.56. The highest BCUT2D eigenvalue weighted by Gasteiger charge is 2.14. The Morgan fingerprint density at radius 1 is 1.58 bits per heavy atom. The van der Waals surface area contributed by atoms with Gasteiger partial charge in [0.2, 0.25) is 0 Å². The molecule has 0 saturated heterocycles. The van der Waals surface area contributed by atoms with Crippen molar-refractivity contribution in [2.45, 2.75) is 53.2 Å². The minimum absolute atomic E-state index is 0.269. The molecule has 108 valence electrons. The van der Waals surface area contributed by atoms with Gasteiger partial charge in [-0.05, 0) is 33.8 Å². The molecule has 19 heavy (non-hydrogen) atoms. The molecule has 6 nitrogen and oxygen atoms in total. The Labute approximate surface area is 114 Å². The van der Waals surface area contributed by atoms with Crippen LogP contribution in [0.15, 0.2) is 11.2 Å². The van der Waals surface area contributed by atoms with E-state index >= 15 is 0 Å². The SMILES string of the molecule is CCn1nc(C)cc1CN(CCC(N)=NO)C(C)C. The molecule has 1 aromatic heterocycles. The van der Waals surface area contributed by atoms with Crippen molar-refractivity contribution in [2.75, 3.05) is 6.54 Å². The molecular formula is C13H25N5O. The van der Waals surface area contributed by atoms with Crippen molar-refractivity contribution in [3.63, 3.8) is 0 Å². The van der Waals surface area contributed by atoms with Gasteiger partial charge in [-0.1, -0.05) is 5.16 Å². The lowest BCUT2D eigenvalue weighted by Gasteiger charge is -2.26. The molecule has 0 aliphatic heterocycles. The lowest BCUT2D eigenvalue weighted by molar-refractivity contribution is 0.211. The van der Waals surface area contributed by atoms with Crippen LogP contribution in [0.1, 0.15) is 38.6 Å². The fourth-order valence-corrected chi connectivity index (χ4v) is 2.04. The molecule has 0 spiro atoms. The first-order valence-corrected chi connectivity index (χ1v) is 6.71. The van der Waals surface area contributed by atoms with Crippen molar-refractivity contribution in [1.29, 1.82) is 0 Å². The van der Waals surface area contributed by atoms with Crippen LogP contribution < -0.4 is 5.73 Å². The van der Waals surface area contributed by atoms with Crippen molar-refractivity contribution in [3.8, 4) is 0 Å². The molecule has 0 aliphatic carbocycles. The second-order valence-electron chi connectivity index (χ2n) is 5.00. The molecule has 0 fully saturated rings. The van der Waals surface area contributed by atoms with E-state index in [0.717, 1.165) is 25.3 Å². The Morgan fingerprint density at radius 2 is 2.26 bits per heavy atom. The fraction of sp³-hybridized carbons (Fsp3) is 0.692. The van der Waals surface area contributed by atoms with Gasteiger partial charge >= 0.3 is 0 Å². The second-order valence-corrected chi connectivity index (χ2v) is 5.00. The molecule has 0 radical (unpaired) electrons. The topological polar surface area (TPSA) is 79.7 Å². The average molecular weight is 267 g/mol. The molecular weight excluding hydrogens is 242 g/mol. The van der Waals surface area contributed by atoms with Gasteiger partial charge in [0, 0.05) is 32.1 Å². The molecule has 0 atom stereocenters. The maximum absolute atomic E-state index is 8.59. The first-order valence-electron chi connectivity index (χ1n) is 6.71. The summed E-state index contributed by atoms with van der Waals surface area (Å²) in [4.78, 5) is 2.29. The number of aromatic nitrogens is 2. The zero-order valence-electron chi connectivity index (χ0n) is 12.3. The van der Waals surface area contributed by atoms with E-state index in [4.69, 9.17) is 10.9 Å². The van der Waals surface area contributed by atoms with Gasteiger partial charge in [-0.25, -0.2) is 0 Å². The van der Waals surface area contributed by atoms with Crippen LogP contribution in [-0.4, -0.2) is 38.3 Å². The van der Waals surface area contributed by atoms with Crippen molar-refractivity contribution in [2.24, 2.45) is 10.9 Å². The van der Waals surface area contributed by atoms with Crippen molar-refractivity contribution >= 4 is 5.84 Å². The summed E-state index contributed by atoms with van der Waals surface area (Å²) < 4.78 is 2.02. The Hall–Kier alpha value is -1.56. The van der Waals surface area contributed by atoms with E-state index in [-0.39, 0.29) is 5.84 Å². The van der Waals surface area contributed by atoms with Crippen LogP contribution in [0.2, 0.25) is 0 Å². The Balaban J connectivity index is 2.72. The van der Waals surface area contributed by atoms with Gasteiger partial charge in [0.15, 0.2) is 0 Å². The number of rotatable bonds is 7. The number of amidine groups is 1. The van der Waals surface area contributed by atoms with Gasteiger partial charge in [0.1, 0.15) is 5.84 Å². The van der Waals surface area contributed by atoms with Gasteiger partial charge in [0.25, 0.3) is 0 Å². The monoisotopic (exact) mass is 267 g/mol. The summed E-state index contributed by atoms with van der Waals surface area (Å²) >= 11 is 0. The molecule has 0 saturated carbocycles. The molecule has 0 bridgehead atoms. The smallest absolute Gasteiger partial charge is 0.140 e. The molecule has 0 amide bonds. The third-order valence-corrected chi connectivity index (χ3v) is 3.16. The van der Waals surface area contributed by atoms with E-state index in [0.29, 0.717) is 12.5 Å². The predicted molar refractivity (Wildman–Crippen MR) is 76.2 cm³/mol. The average Bonchev–Trinajstić information content (AvgIpc) is 2.73. The first kappa shape index (κ1) is 15.5. The summed E-state index contributed by atoms with van der Waals surface area (Å²) in [6.07, 6.45) is 0.563. The van der Waals surface area contributed by atoms with E-state index in [1.165, 1.54) is 5.69 Å². The number of oxime groups is 1. The molecule has 0 aliphatic rings. The van der Waals surface area contributed by atoms with Crippen LogP contribution in [0, 0.1) is 6.92 Å². The van der Waals surface area contributed by atoms with Gasteiger partial charge < -0.3 is 10.9 Å².